The third-order valence-electron chi connectivity index (χ3n) is 4.08. The first kappa shape index (κ1) is 14.0. The van der Waals surface area contributed by atoms with Gasteiger partial charge in [0.2, 0.25) is 5.91 Å². The van der Waals surface area contributed by atoms with E-state index in [0.29, 0.717) is 6.54 Å². The predicted molar refractivity (Wildman–Crippen MR) is 73.5 cm³/mol. The smallest absolute Gasteiger partial charge is 0.230 e. The number of carbonyl (C=O) groups excluding carboxylic acids is 1. The molecular weight excluding hydrogens is 243 g/mol. The summed E-state index contributed by atoms with van der Waals surface area (Å²) >= 11 is 0. The van der Waals surface area contributed by atoms with Crippen LogP contribution >= 0.6 is 0 Å². The van der Waals surface area contributed by atoms with Crippen LogP contribution in [0.4, 0.5) is 4.39 Å². The van der Waals surface area contributed by atoms with Gasteiger partial charge in [-0.1, -0.05) is 18.6 Å². The minimum absolute atomic E-state index is 0.0199. The summed E-state index contributed by atoms with van der Waals surface area (Å²) in [6.07, 6.45) is 2.62. The fraction of sp³-hybridized carbons (Fsp3) is 0.533. The van der Waals surface area contributed by atoms with Gasteiger partial charge in [-0.05, 0) is 44.5 Å². The van der Waals surface area contributed by atoms with E-state index in [4.69, 9.17) is 0 Å². The third kappa shape index (κ3) is 2.78. The Morgan fingerprint density at radius 2 is 2.21 bits per heavy atom. The average molecular weight is 264 g/mol. The lowest BCUT2D eigenvalue weighted by Gasteiger charge is -2.41. The van der Waals surface area contributed by atoms with Gasteiger partial charge in [0.1, 0.15) is 5.82 Å². The van der Waals surface area contributed by atoms with Gasteiger partial charge < -0.3 is 10.6 Å². The molecular formula is C15H21FN2O. The van der Waals surface area contributed by atoms with Gasteiger partial charge in [0.25, 0.3) is 0 Å². The maximum atomic E-state index is 13.3. The van der Waals surface area contributed by atoms with E-state index >= 15 is 0 Å². The molecule has 2 N–H and O–H groups in total. The molecule has 1 saturated carbocycles. The van der Waals surface area contributed by atoms with Crippen molar-refractivity contribution in [3.8, 4) is 0 Å². The highest BCUT2D eigenvalue weighted by Gasteiger charge is 2.45. The number of amides is 1. The minimum Gasteiger partial charge on any atom is -0.354 e. The molecule has 0 radical (unpaired) electrons. The molecule has 2 rings (SSSR count). The van der Waals surface area contributed by atoms with E-state index in [0.717, 1.165) is 24.8 Å². The molecule has 19 heavy (non-hydrogen) atoms. The Bertz CT molecular complexity index is 457. The molecule has 1 aromatic carbocycles. The topological polar surface area (TPSA) is 41.1 Å². The Balaban J connectivity index is 2.12. The van der Waals surface area contributed by atoms with Crippen molar-refractivity contribution in [1.82, 2.24) is 10.6 Å². The van der Waals surface area contributed by atoms with E-state index in [9.17, 15) is 9.18 Å². The summed E-state index contributed by atoms with van der Waals surface area (Å²) in [6.45, 7) is 2.60. The molecule has 0 bridgehead atoms. The van der Waals surface area contributed by atoms with Gasteiger partial charge in [0, 0.05) is 12.6 Å². The second-order valence-electron chi connectivity index (χ2n) is 5.35. The second kappa shape index (κ2) is 5.70. The SMILES string of the molecule is CNC(C)CNC(=O)C1(c2cccc(F)c2)CCC1. The van der Waals surface area contributed by atoms with Crippen LogP contribution in [0.5, 0.6) is 0 Å². The van der Waals surface area contributed by atoms with E-state index in [1.54, 1.807) is 6.07 Å². The molecule has 4 heteroatoms. The molecule has 1 aliphatic rings. The number of likely N-dealkylation sites (N-methyl/N-ethyl adjacent to an activating group) is 1. The summed E-state index contributed by atoms with van der Waals surface area (Å²) in [6, 6.07) is 6.66. The molecule has 104 valence electrons. The summed E-state index contributed by atoms with van der Waals surface area (Å²) in [5.41, 5.74) is 0.281. The molecule has 3 nitrogen and oxygen atoms in total. The zero-order valence-electron chi connectivity index (χ0n) is 11.5. The number of halogens is 1. The summed E-state index contributed by atoms with van der Waals surface area (Å²) in [7, 11) is 1.86. The standard InChI is InChI=1S/C15H21FN2O/c1-11(17-2)10-18-14(19)15(7-4-8-15)12-5-3-6-13(16)9-12/h3,5-6,9,11,17H,4,7-8,10H2,1-2H3,(H,18,19). The molecule has 1 aliphatic carbocycles. The first-order valence-electron chi connectivity index (χ1n) is 6.80. The monoisotopic (exact) mass is 264 g/mol. The Morgan fingerprint density at radius 3 is 2.74 bits per heavy atom. The molecule has 1 fully saturated rings. The van der Waals surface area contributed by atoms with E-state index in [2.05, 4.69) is 10.6 Å². The van der Waals surface area contributed by atoms with Gasteiger partial charge in [-0.15, -0.1) is 0 Å². The molecule has 0 aromatic heterocycles. The van der Waals surface area contributed by atoms with Crippen molar-refractivity contribution in [1.29, 1.82) is 0 Å². The van der Waals surface area contributed by atoms with Gasteiger partial charge in [-0.25, -0.2) is 4.39 Å². The van der Waals surface area contributed by atoms with E-state index < -0.39 is 5.41 Å². The molecule has 1 atom stereocenters. The van der Waals surface area contributed by atoms with Crippen molar-refractivity contribution in [2.45, 2.75) is 37.6 Å². The fourth-order valence-electron chi connectivity index (χ4n) is 2.48. The van der Waals surface area contributed by atoms with Gasteiger partial charge in [-0.2, -0.15) is 0 Å². The largest absolute Gasteiger partial charge is 0.354 e. The van der Waals surface area contributed by atoms with Crippen LogP contribution in [-0.4, -0.2) is 25.5 Å². The first-order valence-corrected chi connectivity index (χ1v) is 6.80. The van der Waals surface area contributed by atoms with Crippen LogP contribution in [0, 0.1) is 5.82 Å². The lowest BCUT2D eigenvalue weighted by molar-refractivity contribution is -0.130. The van der Waals surface area contributed by atoms with Crippen molar-refractivity contribution in [3.05, 3.63) is 35.6 Å². The number of hydrogen-bond donors (Lipinski definition) is 2. The van der Waals surface area contributed by atoms with Crippen LogP contribution in [0.25, 0.3) is 0 Å². The maximum absolute atomic E-state index is 13.3. The number of benzene rings is 1. The predicted octanol–water partition coefficient (Wildman–Crippen LogP) is 1.97. The maximum Gasteiger partial charge on any atom is 0.230 e. The lowest BCUT2D eigenvalue weighted by atomic mass is 9.64. The second-order valence-corrected chi connectivity index (χ2v) is 5.35. The molecule has 0 saturated heterocycles. The molecule has 0 heterocycles. The van der Waals surface area contributed by atoms with Crippen molar-refractivity contribution in [2.75, 3.05) is 13.6 Å². The summed E-state index contributed by atoms with van der Waals surface area (Å²) in [4.78, 5) is 12.4. The van der Waals surface area contributed by atoms with E-state index in [-0.39, 0.29) is 17.8 Å². The van der Waals surface area contributed by atoms with Crippen LogP contribution in [0.15, 0.2) is 24.3 Å². The molecule has 1 amide bonds. The highest BCUT2D eigenvalue weighted by atomic mass is 19.1. The number of nitrogens with one attached hydrogen (secondary N) is 2. The van der Waals surface area contributed by atoms with Gasteiger partial charge in [-0.3, -0.25) is 4.79 Å². The average Bonchev–Trinajstić information content (AvgIpc) is 2.34. The first-order chi connectivity index (χ1) is 9.08. The zero-order chi connectivity index (χ0) is 13.9. The number of rotatable bonds is 5. The van der Waals surface area contributed by atoms with Gasteiger partial charge in [0.15, 0.2) is 0 Å². The van der Waals surface area contributed by atoms with Crippen molar-refractivity contribution in [3.63, 3.8) is 0 Å². The molecule has 1 unspecified atom stereocenters. The Labute approximate surface area is 113 Å². The Morgan fingerprint density at radius 1 is 1.47 bits per heavy atom. The molecule has 0 aliphatic heterocycles. The lowest BCUT2D eigenvalue weighted by Crippen LogP contribution is -2.51. The van der Waals surface area contributed by atoms with Crippen LogP contribution in [0.1, 0.15) is 31.7 Å². The van der Waals surface area contributed by atoms with Gasteiger partial charge in [0.05, 0.1) is 5.41 Å². The third-order valence-corrected chi connectivity index (χ3v) is 4.08. The van der Waals surface area contributed by atoms with Crippen LogP contribution in [0.3, 0.4) is 0 Å². The van der Waals surface area contributed by atoms with Crippen molar-refractivity contribution in [2.24, 2.45) is 0 Å². The number of carbonyl (C=O) groups is 1. The van der Waals surface area contributed by atoms with E-state index in [1.165, 1.54) is 12.1 Å². The molecule has 1 aromatic rings. The van der Waals surface area contributed by atoms with E-state index in [1.807, 2.05) is 20.0 Å². The molecule has 0 spiro atoms. The zero-order valence-corrected chi connectivity index (χ0v) is 11.5. The Hall–Kier alpha value is -1.42. The van der Waals surface area contributed by atoms with Crippen molar-refractivity contribution >= 4 is 5.91 Å². The highest BCUT2D eigenvalue weighted by Crippen LogP contribution is 2.44. The quantitative estimate of drug-likeness (QED) is 0.853. The summed E-state index contributed by atoms with van der Waals surface area (Å²) in [5, 5.41) is 6.05. The highest BCUT2D eigenvalue weighted by molar-refractivity contribution is 5.89. The Kier molecular flexibility index (Phi) is 4.20. The van der Waals surface area contributed by atoms with Crippen LogP contribution in [0.2, 0.25) is 0 Å². The minimum atomic E-state index is -0.518. The number of hydrogen-bond acceptors (Lipinski definition) is 2. The van der Waals surface area contributed by atoms with Gasteiger partial charge >= 0.3 is 0 Å². The van der Waals surface area contributed by atoms with Crippen LogP contribution in [-0.2, 0) is 10.2 Å². The summed E-state index contributed by atoms with van der Waals surface area (Å²) in [5.74, 6) is -0.258. The normalized spacial score (nSPS) is 18.5. The fourth-order valence-corrected chi connectivity index (χ4v) is 2.48. The van der Waals surface area contributed by atoms with Crippen LogP contribution < -0.4 is 10.6 Å². The summed E-state index contributed by atoms with van der Waals surface area (Å²) < 4.78 is 13.3. The van der Waals surface area contributed by atoms with Crippen molar-refractivity contribution < 1.29 is 9.18 Å².